The van der Waals surface area contributed by atoms with Crippen LogP contribution in [0.2, 0.25) is 0 Å². The first-order valence-corrected chi connectivity index (χ1v) is 8.40. The Kier molecular flexibility index (Phi) is 3.68. The molecule has 2 aromatic rings. The summed E-state index contributed by atoms with van der Waals surface area (Å²) < 4.78 is 5.53. The first-order valence-electron chi connectivity index (χ1n) is 8.40. The molecule has 4 rings (SSSR count). The van der Waals surface area contributed by atoms with E-state index in [1.165, 1.54) is 0 Å². The van der Waals surface area contributed by atoms with Gasteiger partial charge in [0, 0.05) is 17.0 Å². The Morgan fingerprint density at radius 3 is 2.79 bits per heavy atom. The molecular weight excluding hydrogens is 300 g/mol. The van der Waals surface area contributed by atoms with Crippen molar-refractivity contribution in [2.45, 2.75) is 30.7 Å². The molecule has 1 heterocycles. The van der Waals surface area contributed by atoms with Gasteiger partial charge in [0.15, 0.2) is 11.3 Å². The molecule has 2 atom stereocenters. The maximum absolute atomic E-state index is 13.4. The molecule has 2 aromatic carbocycles. The van der Waals surface area contributed by atoms with Gasteiger partial charge in [0.25, 0.3) is 0 Å². The van der Waals surface area contributed by atoms with E-state index in [1.807, 2.05) is 42.5 Å². The number of para-hydroxylation sites is 1. The zero-order valence-corrected chi connectivity index (χ0v) is 13.7. The topological polar surface area (TPSA) is 51.0 Å². The lowest BCUT2D eigenvalue weighted by atomic mass is 9.74. The van der Waals surface area contributed by atoms with Crippen LogP contribution in [0, 0.1) is 0 Å². The van der Waals surface area contributed by atoms with Gasteiger partial charge in [-0.3, -0.25) is 4.79 Å². The average molecular weight is 320 g/mol. The number of azo groups is 1. The third-order valence-corrected chi connectivity index (χ3v) is 5.26. The molecule has 0 bridgehead atoms. The lowest BCUT2D eigenvalue weighted by Crippen LogP contribution is -2.41. The Hall–Kier alpha value is -2.49. The third-order valence-electron chi connectivity index (χ3n) is 5.26. The van der Waals surface area contributed by atoms with Crippen LogP contribution in [0.4, 0.5) is 0 Å². The second-order valence-corrected chi connectivity index (χ2v) is 6.48. The van der Waals surface area contributed by atoms with Crippen LogP contribution in [0.15, 0.2) is 58.8 Å². The number of aryl methyl sites for hydroxylation is 1. The minimum Gasteiger partial charge on any atom is -0.496 e. The van der Waals surface area contributed by atoms with Gasteiger partial charge in [-0.2, -0.15) is 10.2 Å². The number of carbonyl (C=O) groups excluding carboxylic acids is 1. The molecule has 4 nitrogen and oxygen atoms in total. The van der Waals surface area contributed by atoms with Crippen LogP contribution < -0.4 is 4.74 Å². The second kappa shape index (κ2) is 5.86. The van der Waals surface area contributed by atoms with E-state index < -0.39 is 5.54 Å². The van der Waals surface area contributed by atoms with Crippen LogP contribution in [0.5, 0.6) is 5.75 Å². The predicted octanol–water partition coefficient (Wildman–Crippen LogP) is 4.20. The van der Waals surface area contributed by atoms with Crippen molar-refractivity contribution in [2.24, 2.45) is 10.2 Å². The van der Waals surface area contributed by atoms with Crippen molar-refractivity contribution in [1.82, 2.24) is 0 Å². The summed E-state index contributed by atoms with van der Waals surface area (Å²) in [5.41, 5.74) is 2.16. The van der Waals surface area contributed by atoms with E-state index >= 15 is 0 Å². The first kappa shape index (κ1) is 15.1. The number of nitrogens with zero attached hydrogens (tertiary/aromatic N) is 2. The number of rotatable bonds is 2. The van der Waals surface area contributed by atoms with Gasteiger partial charge in [-0.25, -0.2) is 0 Å². The molecule has 0 saturated carbocycles. The normalized spacial score (nSPS) is 25.5. The van der Waals surface area contributed by atoms with Crippen LogP contribution in [-0.2, 0) is 6.42 Å². The van der Waals surface area contributed by atoms with Gasteiger partial charge in [-0.05, 0) is 30.9 Å². The van der Waals surface area contributed by atoms with Crippen molar-refractivity contribution in [3.05, 3.63) is 65.2 Å². The molecule has 0 N–H and O–H groups in total. The zero-order chi connectivity index (χ0) is 16.6. The summed E-state index contributed by atoms with van der Waals surface area (Å²) in [5, 5.41) is 8.83. The Balaban J connectivity index is 1.83. The summed E-state index contributed by atoms with van der Waals surface area (Å²) in [6.07, 6.45) is 2.58. The van der Waals surface area contributed by atoms with Crippen molar-refractivity contribution in [2.75, 3.05) is 13.7 Å². The molecule has 0 fully saturated rings. The fourth-order valence-electron chi connectivity index (χ4n) is 4.06. The average Bonchev–Trinajstić information content (AvgIpc) is 3.00. The summed E-state index contributed by atoms with van der Waals surface area (Å²) in [6.45, 7) is 0.536. The van der Waals surface area contributed by atoms with Crippen molar-refractivity contribution in [3.63, 3.8) is 0 Å². The monoisotopic (exact) mass is 320 g/mol. The van der Waals surface area contributed by atoms with Crippen LogP contribution in [0.25, 0.3) is 0 Å². The van der Waals surface area contributed by atoms with Crippen molar-refractivity contribution < 1.29 is 9.53 Å². The smallest absolute Gasteiger partial charge is 0.193 e. The molecule has 0 radical (unpaired) electrons. The van der Waals surface area contributed by atoms with E-state index in [2.05, 4.69) is 16.3 Å². The van der Waals surface area contributed by atoms with Crippen molar-refractivity contribution >= 4 is 5.78 Å². The maximum Gasteiger partial charge on any atom is 0.193 e. The summed E-state index contributed by atoms with van der Waals surface area (Å²) in [5.74, 6) is 0.847. The Morgan fingerprint density at radius 2 is 1.92 bits per heavy atom. The van der Waals surface area contributed by atoms with Crippen LogP contribution in [0.3, 0.4) is 0 Å². The van der Waals surface area contributed by atoms with Gasteiger partial charge < -0.3 is 4.74 Å². The quantitative estimate of drug-likeness (QED) is 0.832. The Labute approximate surface area is 141 Å². The van der Waals surface area contributed by atoms with Crippen LogP contribution >= 0.6 is 0 Å². The van der Waals surface area contributed by atoms with Crippen LogP contribution in [-0.4, -0.2) is 25.0 Å². The molecule has 0 unspecified atom stereocenters. The van der Waals surface area contributed by atoms with E-state index in [0.29, 0.717) is 6.54 Å². The second-order valence-electron chi connectivity index (χ2n) is 6.48. The highest BCUT2D eigenvalue weighted by Gasteiger charge is 2.51. The molecule has 1 aliphatic carbocycles. The highest BCUT2D eigenvalue weighted by atomic mass is 16.5. The fourth-order valence-corrected chi connectivity index (χ4v) is 4.06. The summed E-state index contributed by atoms with van der Waals surface area (Å²) in [6, 6.07) is 15.8. The summed E-state index contributed by atoms with van der Waals surface area (Å²) >= 11 is 0. The molecule has 4 heteroatoms. The minimum absolute atomic E-state index is 0.0627. The fraction of sp³-hybridized carbons (Fsp3) is 0.350. The number of benzene rings is 2. The number of carbonyl (C=O) groups is 1. The number of ether oxygens (including phenoxy) is 1. The molecule has 1 aliphatic heterocycles. The standard InChI is InChI=1S/C20H20N2O2/c1-24-18-11-5-4-10-16(18)17-13-21-22-20(17)12-6-8-14-7-2-3-9-15(14)19(20)23/h2-5,7,9-11,17H,6,8,12-13H2,1H3/t17-,20+/m1/s1. The van der Waals surface area contributed by atoms with E-state index in [4.69, 9.17) is 4.74 Å². The predicted molar refractivity (Wildman–Crippen MR) is 91.9 cm³/mol. The molecule has 0 amide bonds. The van der Waals surface area contributed by atoms with E-state index in [1.54, 1.807) is 7.11 Å². The highest BCUT2D eigenvalue weighted by molar-refractivity contribution is 6.05. The third kappa shape index (κ3) is 2.17. The summed E-state index contributed by atoms with van der Waals surface area (Å²) in [4.78, 5) is 13.4. The van der Waals surface area contributed by atoms with Gasteiger partial charge in [0.1, 0.15) is 5.75 Å². The number of hydrogen-bond donors (Lipinski definition) is 0. The van der Waals surface area contributed by atoms with Gasteiger partial charge >= 0.3 is 0 Å². The van der Waals surface area contributed by atoms with Crippen molar-refractivity contribution in [3.8, 4) is 5.75 Å². The SMILES string of the molecule is COc1ccccc1[C@H]1CN=N[C@@]12CCCc1ccccc1C2=O. The lowest BCUT2D eigenvalue weighted by molar-refractivity contribution is 0.0869. The number of Topliss-reactive ketones (excluding diaryl/α,β-unsaturated/α-hetero) is 1. The Morgan fingerprint density at radius 1 is 1.12 bits per heavy atom. The molecular formula is C20H20N2O2. The summed E-state index contributed by atoms with van der Waals surface area (Å²) in [7, 11) is 1.67. The maximum atomic E-state index is 13.4. The largest absolute Gasteiger partial charge is 0.496 e. The van der Waals surface area contributed by atoms with E-state index in [0.717, 1.165) is 41.7 Å². The van der Waals surface area contributed by atoms with E-state index in [-0.39, 0.29) is 11.7 Å². The molecule has 24 heavy (non-hydrogen) atoms. The zero-order valence-electron chi connectivity index (χ0n) is 13.7. The van der Waals surface area contributed by atoms with Crippen molar-refractivity contribution in [1.29, 1.82) is 0 Å². The van der Waals surface area contributed by atoms with Gasteiger partial charge in [0.05, 0.1) is 13.7 Å². The molecule has 122 valence electrons. The molecule has 1 spiro atoms. The molecule has 0 saturated heterocycles. The lowest BCUT2D eigenvalue weighted by Gasteiger charge is -2.30. The number of ketones is 1. The Bertz CT molecular complexity index is 815. The molecule has 0 aromatic heterocycles. The van der Waals surface area contributed by atoms with Gasteiger partial charge in [-0.15, -0.1) is 0 Å². The minimum atomic E-state index is -0.790. The van der Waals surface area contributed by atoms with Gasteiger partial charge in [-0.1, -0.05) is 42.5 Å². The van der Waals surface area contributed by atoms with Gasteiger partial charge in [0.2, 0.25) is 0 Å². The molecule has 2 aliphatic rings. The van der Waals surface area contributed by atoms with Crippen LogP contribution in [0.1, 0.15) is 40.2 Å². The highest BCUT2D eigenvalue weighted by Crippen LogP contribution is 2.47. The number of hydrogen-bond acceptors (Lipinski definition) is 4. The number of methoxy groups -OCH3 is 1. The first-order chi connectivity index (χ1) is 11.8. The van der Waals surface area contributed by atoms with E-state index in [9.17, 15) is 4.79 Å². The number of fused-ring (bicyclic) bond motifs is 1.